The number of aromatic nitrogens is 1. The monoisotopic (exact) mass is 393 g/mol. The van der Waals surface area contributed by atoms with Crippen molar-refractivity contribution in [2.24, 2.45) is 0 Å². The molecule has 2 aromatic carbocycles. The lowest BCUT2D eigenvalue weighted by Gasteiger charge is -2.10. The van der Waals surface area contributed by atoms with Crippen molar-refractivity contribution >= 4 is 28.5 Å². The zero-order chi connectivity index (χ0) is 19.3. The van der Waals surface area contributed by atoms with E-state index in [9.17, 15) is 4.79 Å². The molecule has 0 atom stereocenters. The van der Waals surface area contributed by atoms with Gasteiger partial charge in [0, 0.05) is 10.4 Å². The quantitative estimate of drug-likeness (QED) is 0.325. The van der Waals surface area contributed by atoms with Gasteiger partial charge in [0.1, 0.15) is 24.7 Å². The van der Waals surface area contributed by atoms with Crippen LogP contribution in [0.1, 0.15) is 10.4 Å². The predicted octanol–water partition coefficient (Wildman–Crippen LogP) is 5.38. The zero-order valence-electron chi connectivity index (χ0n) is 14.8. The lowest BCUT2D eigenvalue weighted by Crippen LogP contribution is -2.13. The second kappa shape index (κ2) is 8.15. The van der Waals surface area contributed by atoms with Crippen LogP contribution >= 0.6 is 11.6 Å². The van der Waals surface area contributed by atoms with Crippen molar-refractivity contribution < 1.29 is 18.7 Å². The molecule has 4 aromatic rings. The lowest BCUT2D eigenvalue weighted by molar-refractivity contribution is 0.0452. The number of rotatable bonds is 6. The van der Waals surface area contributed by atoms with E-state index in [-0.39, 0.29) is 13.2 Å². The van der Waals surface area contributed by atoms with E-state index in [0.717, 1.165) is 5.39 Å². The maximum atomic E-state index is 12.7. The standard InChI is InChI=1S/C22H16ClNO4/c23-15-7-9-16(10-8-15)26-12-13-28-22(25)18-14-20(21-6-3-11-27-21)24-19-5-2-1-4-17(18)19/h1-11,14H,12-13H2. The van der Waals surface area contributed by atoms with E-state index < -0.39 is 5.97 Å². The predicted molar refractivity (Wildman–Crippen MR) is 107 cm³/mol. The number of fused-ring (bicyclic) bond motifs is 1. The van der Waals surface area contributed by atoms with Gasteiger partial charge in [-0.2, -0.15) is 0 Å². The molecule has 5 nitrogen and oxygen atoms in total. The smallest absolute Gasteiger partial charge is 0.339 e. The second-order valence-electron chi connectivity index (χ2n) is 5.99. The highest BCUT2D eigenvalue weighted by Gasteiger charge is 2.16. The van der Waals surface area contributed by atoms with Gasteiger partial charge in [-0.05, 0) is 48.5 Å². The molecule has 0 saturated heterocycles. The molecule has 2 heterocycles. The Morgan fingerprint density at radius 1 is 1.00 bits per heavy atom. The number of hydrogen-bond acceptors (Lipinski definition) is 5. The third-order valence-corrected chi connectivity index (χ3v) is 4.36. The van der Waals surface area contributed by atoms with Crippen LogP contribution in [0.2, 0.25) is 5.02 Å². The summed E-state index contributed by atoms with van der Waals surface area (Å²) in [5.41, 5.74) is 1.71. The number of halogens is 1. The molecular formula is C22H16ClNO4. The number of para-hydroxylation sites is 1. The Kier molecular flexibility index (Phi) is 5.26. The van der Waals surface area contributed by atoms with Gasteiger partial charge in [-0.25, -0.2) is 9.78 Å². The summed E-state index contributed by atoms with van der Waals surface area (Å²) in [6, 6.07) is 19.7. The summed E-state index contributed by atoms with van der Waals surface area (Å²) in [7, 11) is 0. The van der Waals surface area contributed by atoms with Crippen molar-refractivity contribution in [3.63, 3.8) is 0 Å². The normalized spacial score (nSPS) is 10.8. The molecule has 4 rings (SSSR count). The highest BCUT2D eigenvalue weighted by Crippen LogP contribution is 2.25. The fraction of sp³-hybridized carbons (Fsp3) is 0.0909. The van der Waals surface area contributed by atoms with Crippen molar-refractivity contribution in [2.75, 3.05) is 13.2 Å². The Morgan fingerprint density at radius 2 is 1.82 bits per heavy atom. The van der Waals surface area contributed by atoms with E-state index in [1.807, 2.05) is 24.3 Å². The number of furan rings is 1. The van der Waals surface area contributed by atoms with Gasteiger partial charge in [-0.1, -0.05) is 29.8 Å². The van der Waals surface area contributed by atoms with Crippen molar-refractivity contribution in [3.05, 3.63) is 83.6 Å². The number of carbonyl (C=O) groups is 1. The summed E-state index contributed by atoms with van der Waals surface area (Å²) in [6.07, 6.45) is 1.57. The third kappa shape index (κ3) is 4.00. The summed E-state index contributed by atoms with van der Waals surface area (Å²) in [5, 5.41) is 1.36. The van der Waals surface area contributed by atoms with Crippen LogP contribution in [0.5, 0.6) is 5.75 Å². The summed E-state index contributed by atoms with van der Waals surface area (Å²) in [4.78, 5) is 17.2. The molecule has 0 bridgehead atoms. The largest absolute Gasteiger partial charge is 0.490 e. The van der Waals surface area contributed by atoms with Crippen LogP contribution in [0.3, 0.4) is 0 Å². The van der Waals surface area contributed by atoms with Crippen LogP contribution in [0, 0.1) is 0 Å². The first kappa shape index (κ1) is 18.1. The fourth-order valence-electron chi connectivity index (χ4n) is 2.80. The number of nitrogens with zero attached hydrogens (tertiary/aromatic N) is 1. The average molecular weight is 394 g/mol. The molecule has 0 fully saturated rings. The number of pyridine rings is 1. The summed E-state index contributed by atoms with van der Waals surface area (Å²) in [6.45, 7) is 0.357. The Balaban J connectivity index is 1.49. The Morgan fingerprint density at radius 3 is 2.61 bits per heavy atom. The molecule has 28 heavy (non-hydrogen) atoms. The molecule has 0 amide bonds. The molecule has 2 aromatic heterocycles. The van der Waals surface area contributed by atoms with E-state index in [4.69, 9.17) is 25.5 Å². The van der Waals surface area contributed by atoms with Gasteiger partial charge in [-0.15, -0.1) is 0 Å². The van der Waals surface area contributed by atoms with E-state index in [2.05, 4.69) is 4.98 Å². The van der Waals surface area contributed by atoms with Crippen LogP contribution in [0.15, 0.2) is 77.4 Å². The highest BCUT2D eigenvalue weighted by molar-refractivity contribution is 6.30. The Labute approximate surface area is 166 Å². The molecule has 6 heteroatoms. The summed E-state index contributed by atoms with van der Waals surface area (Å²) in [5.74, 6) is 0.812. The molecule has 0 aliphatic heterocycles. The number of hydrogen-bond donors (Lipinski definition) is 0. The molecule has 0 saturated carbocycles. The molecule has 0 aliphatic carbocycles. The topological polar surface area (TPSA) is 61.6 Å². The lowest BCUT2D eigenvalue weighted by atomic mass is 10.1. The molecule has 0 aliphatic rings. The van der Waals surface area contributed by atoms with Crippen LogP contribution in [-0.2, 0) is 4.74 Å². The van der Waals surface area contributed by atoms with Gasteiger partial charge in [0.2, 0.25) is 0 Å². The van der Waals surface area contributed by atoms with Gasteiger partial charge in [0.05, 0.1) is 17.3 Å². The number of carbonyl (C=O) groups excluding carboxylic acids is 1. The third-order valence-electron chi connectivity index (χ3n) is 4.11. The van der Waals surface area contributed by atoms with Gasteiger partial charge < -0.3 is 13.9 Å². The van der Waals surface area contributed by atoms with Crippen molar-refractivity contribution in [2.45, 2.75) is 0 Å². The molecule has 0 unspecified atom stereocenters. The van der Waals surface area contributed by atoms with Gasteiger partial charge in [0.15, 0.2) is 5.76 Å². The molecule has 0 N–H and O–H groups in total. The van der Waals surface area contributed by atoms with Crippen LogP contribution < -0.4 is 4.74 Å². The number of ether oxygens (including phenoxy) is 2. The van der Waals surface area contributed by atoms with Crippen molar-refractivity contribution in [1.29, 1.82) is 0 Å². The van der Waals surface area contributed by atoms with E-state index >= 15 is 0 Å². The number of esters is 1. The van der Waals surface area contributed by atoms with Crippen LogP contribution in [0.4, 0.5) is 0 Å². The Hall–Kier alpha value is -3.31. The summed E-state index contributed by atoms with van der Waals surface area (Å²) >= 11 is 5.84. The van der Waals surface area contributed by atoms with Gasteiger partial charge >= 0.3 is 5.97 Å². The Bertz CT molecular complexity index is 1090. The highest BCUT2D eigenvalue weighted by atomic mass is 35.5. The molecule has 140 valence electrons. The second-order valence-corrected chi connectivity index (χ2v) is 6.42. The summed E-state index contributed by atoms with van der Waals surface area (Å²) < 4.78 is 16.4. The zero-order valence-corrected chi connectivity index (χ0v) is 15.6. The molecule has 0 spiro atoms. The van der Waals surface area contributed by atoms with Crippen LogP contribution in [-0.4, -0.2) is 24.2 Å². The van der Waals surface area contributed by atoms with E-state index in [1.54, 1.807) is 48.7 Å². The maximum Gasteiger partial charge on any atom is 0.339 e. The SMILES string of the molecule is O=C(OCCOc1ccc(Cl)cc1)c1cc(-c2ccco2)nc2ccccc12. The maximum absolute atomic E-state index is 12.7. The average Bonchev–Trinajstić information content (AvgIpc) is 3.26. The van der Waals surface area contributed by atoms with Crippen molar-refractivity contribution in [3.8, 4) is 17.2 Å². The minimum absolute atomic E-state index is 0.119. The van der Waals surface area contributed by atoms with E-state index in [1.165, 1.54) is 0 Å². The van der Waals surface area contributed by atoms with Crippen molar-refractivity contribution in [1.82, 2.24) is 4.98 Å². The first-order chi connectivity index (χ1) is 13.7. The van der Waals surface area contributed by atoms with Gasteiger partial charge in [0.25, 0.3) is 0 Å². The first-order valence-corrected chi connectivity index (χ1v) is 9.08. The first-order valence-electron chi connectivity index (χ1n) is 8.70. The molecular weight excluding hydrogens is 378 g/mol. The van der Waals surface area contributed by atoms with Crippen LogP contribution in [0.25, 0.3) is 22.4 Å². The fourth-order valence-corrected chi connectivity index (χ4v) is 2.92. The van der Waals surface area contributed by atoms with Gasteiger partial charge in [-0.3, -0.25) is 0 Å². The number of benzene rings is 2. The van der Waals surface area contributed by atoms with E-state index in [0.29, 0.717) is 33.3 Å². The minimum Gasteiger partial charge on any atom is -0.490 e. The molecule has 0 radical (unpaired) electrons. The minimum atomic E-state index is -0.439.